The third kappa shape index (κ3) is 8.03. The van der Waals surface area contributed by atoms with Gasteiger partial charge in [-0.1, -0.05) is 0 Å². The predicted molar refractivity (Wildman–Crippen MR) is 117 cm³/mol. The molecule has 0 saturated heterocycles. The molecule has 1 unspecified atom stereocenters. The molecule has 144 valence electrons. The van der Waals surface area contributed by atoms with Crippen LogP contribution in [0.3, 0.4) is 0 Å². The van der Waals surface area contributed by atoms with Gasteiger partial charge in [-0.3, -0.25) is 0 Å². The summed E-state index contributed by atoms with van der Waals surface area (Å²) in [7, 11) is 0. The molecule has 0 fully saturated rings. The van der Waals surface area contributed by atoms with E-state index in [4.69, 9.17) is 0 Å². The summed E-state index contributed by atoms with van der Waals surface area (Å²) in [6.45, 7) is 10.6. The van der Waals surface area contributed by atoms with E-state index in [9.17, 15) is 0 Å². The van der Waals surface area contributed by atoms with Gasteiger partial charge in [0, 0.05) is 0 Å². The van der Waals surface area contributed by atoms with Crippen LogP contribution in [0.4, 0.5) is 0 Å². The molecule has 0 saturated carbocycles. The van der Waals surface area contributed by atoms with Crippen molar-refractivity contribution in [3.8, 4) is 0 Å². The summed E-state index contributed by atoms with van der Waals surface area (Å²) >= 11 is -2.31. The Labute approximate surface area is 162 Å². The Hall–Kier alpha value is -0.0213. The minimum atomic E-state index is -2.31. The number of hydrogen-bond acceptors (Lipinski definition) is 1. The summed E-state index contributed by atoms with van der Waals surface area (Å²) in [6.07, 6.45) is 11.0. The molecule has 1 rings (SSSR count). The number of benzene rings is 1. The predicted octanol–water partition coefficient (Wildman–Crippen LogP) is 7.51. The van der Waals surface area contributed by atoms with Crippen LogP contribution in [0.1, 0.15) is 88.7 Å². The van der Waals surface area contributed by atoms with Crippen LogP contribution in [-0.4, -0.2) is 24.9 Å². The Morgan fingerprint density at radius 3 is 1.64 bits per heavy atom. The molecular formula is C23H43NSn. The van der Waals surface area contributed by atoms with Crippen molar-refractivity contribution in [1.29, 1.82) is 0 Å². The quantitative estimate of drug-likeness (QED) is 0.215. The Kier molecular flexibility index (Phi) is 13.0. The topological polar surface area (TPSA) is 12.0 Å². The molecular weight excluding hydrogens is 409 g/mol. The second kappa shape index (κ2) is 14.1. The summed E-state index contributed by atoms with van der Waals surface area (Å²) in [6, 6.07) is 11.5. The first-order valence-corrected chi connectivity index (χ1v) is 18.7. The van der Waals surface area contributed by atoms with Gasteiger partial charge < -0.3 is 0 Å². The maximum atomic E-state index is 4.10. The van der Waals surface area contributed by atoms with Gasteiger partial charge in [-0.2, -0.15) is 0 Å². The minimum absolute atomic E-state index is 0.715. The summed E-state index contributed by atoms with van der Waals surface area (Å²) in [4.78, 5) is 0. The molecule has 1 nitrogen and oxygen atoms in total. The van der Waals surface area contributed by atoms with E-state index >= 15 is 0 Å². The van der Waals surface area contributed by atoms with Crippen molar-refractivity contribution in [1.82, 2.24) is 5.32 Å². The molecule has 2 heteroatoms. The van der Waals surface area contributed by atoms with E-state index in [2.05, 4.69) is 63.3 Å². The van der Waals surface area contributed by atoms with E-state index in [-0.39, 0.29) is 0 Å². The fraction of sp³-hybridized carbons (Fsp3) is 0.739. The van der Waals surface area contributed by atoms with Crippen LogP contribution in [0.15, 0.2) is 30.3 Å². The monoisotopic (exact) mass is 453 g/mol. The third-order valence-electron chi connectivity index (χ3n) is 5.71. The van der Waals surface area contributed by atoms with Gasteiger partial charge in [0.05, 0.1) is 0 Å². The van der Waals surface area contributed by atoms with Crippen molar-refractivity contribution in [2.24, 2.45) is 0 Å². The van der Waals surface area contributed by atoms with Gasteiger partial charge in [0.2, 0.25) is 0 Å². The number of unbranched alkanes of at least 4 members (excludes halogenated alkanes) is 4. The van der Waals surface area contributed by atoms with Crippen LogP contribution in [-0.2, 0) is 0 Å². The van der Waals surface area contributed by atoms with Gasteiger partial charge in [-0.15, -0.1) is 0 Å². The molecule has 1 aromatic carbocycles. The van der Waals surface area contributed by atoms with Crippen molar-refractivity contribution >= 4 is 18.4 Å². The van der Waals surface area contributed by atoms with E-state index in [1.54, 1.807) is 18.9 Å². The molecule has 0 amide bonds. The van der Waals surface area contributed by atoms with Crippen LogP contribution in [0.25, 0.3) is 0 Å². The van der Waals surface area contributed by atoms with Gasteiger partial charge in [0.1, 0.15) is 0 Å². The standard InChI is InChI=1S/C11H16N.3C4H9.Sn/c1-2-3-9-12-10-11-7-5-4-6-8-11;3*1-3-4-2;/h4-8,10,12H,2-3,9H2,1H3;3*1,3-4H2,2H3;. The molecule has 25 heavy (non-hydrogen) atoms. The van der Waals surface area contributed by atoms with E-state index < -0.39 is 18.4 Å². The second-order valence-electron chi connectivity index (χ2n) is 7.82. The first kappa shape index (κ1) is 23.0. The van der Waals surface area contributed by atoms with Gasteiger partial charge in [-0.05, 0) is 0 Å². The van der Waals surface area contributed by atoms with Crippen LogP contribution in [0.5, 0.6) is 0 Å². The van der Waals surface area contributed by atoms with E-state index in [0.717, 1.165) is 0 Å². The zero-order valence-electron chi connectivity index (χ0n) is 17.4. The summed E-state index contributed by atoms with van der Waals surface area (Å²) in [5.41, 5.74) is 1.60. The van der Waals surface area contributed by atoms with Crippen molar-refractivity contribution < 1.29 is 0 Å². The second-order valence-corrected chi connectivity index (χ2v) is 21.5. The molecule has 1 aromatic rings. The van der Waals surface area contributed by atoms with E-state index in [0.29, 0.717) is 4.06 Å². The molecule has 0 aliphatic rings. The molecule has 0 spiro atoms. The molecule has 1 N–H and O–H groups in total. The van der Waals surface area contributed by atoms with Crippen molar-refractivity contribution in [3.63, 3.8) is 0 Å². The number of hydrogen-bond donors (Lipinski definition) is 1. The zero-order valence-corrected chi connectivity index (χ0v) is 20.3. The van der Waals surface area contributed by atoms with Gasteiger partial charge in [-0.25, -0.2) is 0 Å². The average molecular weight is 452 g/mol. The fourth-order valence-corrected chi connectivity index (χ4v) is 22.0. The number of rotatable bonds is 15. The SMILES string of the molecule is CCCCN[CH](c1ccccc1)[Sn]([CH2]CCC)([CH2]CCC)[CH2]CCC. The van der Waals surface area contributed by atoms with Gasteiger partial charge in [0.25, 0.3) is 0 Å². The zero-order chi connectivity index (χ0) is 18.4. The molecule has 0 aliphatic heterocycles. The molecule has 0 aliphatic carbocycles. The Morgan fingerprint density at radius 1 is 0.720 bits per heavy atom. The average Bonchev–Trinajstić information content (AvgIpc) is 2.66. The van der Waals surface area contributed by atoms with E-state index in [1.165, 1.54) is 57.9 Å². The maximum absolute atomic E-state index is 4.10. The van der Waals surface area contributed by atoms with E-state index in [1.807, 2.05) is 0 Å². The first-order chi connectivity index (χ1) is 12.2. The fourth-order valence-electron chi connectivity index (χ4n) is 4.15. The molecule has 0 radical (unpaired) electrons. The normalized spacial score (nSPS) is 13.1. The van der Waals surface area contributed by atoms with Crippen LogP contribution in [0.2, 0.25) is 13.3 Å². The van der Waals surface area contributed by atoms with Gasteiger partial charge >= 0.3 is 163 Å². The molecule has 0 bridgehead atoms. The van der Waals surface area contributed by atoms with Gasteiger partial charge in [0.15, 0.2) is 0 Å². The molecule has 0 aromatic heterocycles. The molecule has 1 atom stereocenters. The third-order valence-corrected chi connectivity index (χ3v) is 22.3. The Balaban J connectivity index is 3.16. The summed E-state index contributed by atoms with van der Waals surface area (Å²) in [5, 5.41) is 4.10. The van der Waals surface area contributed by atoms with Crippen molar-refractivity contribution in [3.05, 3.63) is 35.9 Å². The Bertz CT molecular complexity index is 396. The number of nitrogens with one attached hydrogen (secondary N) is 1. The van der Waals surface area contributed by atoms with Crippen molar-refractivity contribution in [2.75, 3.05) is 6.54 Å². The van der Waals surface area contributed by atoms with Crippen LogP contribution in [0, 0.1) is 0 Å². The first-order valence-electron chi connectivity index (χ1n) is 11.0. The molecule has 0 heterocycles. The summed E-state index contributed by atoms with van der Waals surface area (Å²) < 4.78 is 5.43. The van der Waals surface area contributed by atoms with Crippen LogP contribution >= 0.6 is 0 Å². The Morgan fingerprint density at radius 2 is 1.20 bits per heavy atom. The summed E-state index contributed by atoms with van der Waals surface area (Å²) in [5.74, 6) is 0. The van der Waals surface area contributed by atoms with Crippen LogP contribution < -0.4 is 5.32 Å². The van der Waals surface area contributed by atoms with Crippen molar-refractivity contribution in [2.45, 2.75) is 96.4 Å².